The van der Waals surface area contributed by atoms with Gasteiger partial charge in [0.05, 0.1) is 33.4 Å². The fourth-order valence-electron chi connectivity index (χ4n) is 5.92. The molecular formula is C33H45ClN8O3S. The van der Waals surface area contributed by atoms with Crippen molar-refractivity contribution in [3.63, 3.8) is 0 Å². The van der Waals surface area contributed by atoms with Crippen molar-refractivity contribution in [1.82, 2.24) is 19.8 Å². The first-order valence-corrected chi connectivity index (χ1v) is 17.9. The lowest BCUT2D eigenvalue weighted by atomic mass is 10.0. The van der Waals surface area contributed by atoms with E-state index in [-0.39, 0.29) is 27.6 Å². The van der Waals surface area contributed by atoms with Crippen molar-refractivity contribution < 1.29 is 13.2 Å². The summed E-state index contributed by atoms with van der Waals surface area (Å²) in [4.78, 5) is 29.1. The fraction of sp³-hybridized carbons (Fsp3) is 0.485. The summed E-state index contributed by atoms with van der Waals surface area (Å²) in [5.41, 5.74) is 3.82. The monoisotopic (exact) mass is 668 g/mol. The van der Waals surface area contributed by atoms with Crippen LogP contribution in [0.1, 0.15) is 45.6 Å². The Morgan fingerprint density at radius 2 is 1.70 bits per heavy atom. The van der Waals surface area contributed by atoms with Gasteiger partial charge in [-0.15, -0.1) is 0 Å². The molecule has 2 saturated heterocycles. The van der Waals surface area contributed by atoms with Gasteiger partial charge in [0.25, 0.3) is 0 Å². The number of aromatic nitrogens is 2. The molecule has 2 fully saturated rings. The van der Waals surface area contributed by atoms with Gasteiger partial charge in [-0.3, -0.25) is 9.69 Å². The molecule has 248 valence electrons. The molecule has 3 N–H and O–H groups in total. The van der Waals surface area contributed by atoms with E-state index in [1.54, 1.807) is 38.1 Å². The number of para-hydroxylation sites is 1. The number of carbonyl (C=O) groups is 1. The number of piperidine rings is 1. The van der Waals surface area contributed by atoms with Crippen molar-refractivity contribution in [2.75, 3.05) is 67.2 Å². The van der Waals surface area contributed by atoms with Crippen molar-refractivity contribution in [3.8, 4) is 0 Å². The topological polar surface area (TPSA) is 123 Å². The first-order valence-electron chi connectivity index (χ1n) is 16.0. The predicted molar refractivity (Wildman–Crippen MR) is 187 cm³/mol. The summed E-state index contributed by atoms with van der Waals surface area (Å²) >= 11 is 6.46. The molecule has 0 spiro atoms. The van der Waals surface area contributed by atoms with Crippen LogP contribution < -0.4 is 20.9 Å². The lowest BCUT2D eigenvalue weighted by Crippen LogP contribution is -2.52. The maximum atomic E-state index is 13.0. The number of hydrogen-bond acceptors (Lipinski definition) is 10. The number of nitrogens with one attached hydrogen (secondary N) is 3. The van der Waals surface area contributed by atoms with Gasteiger partial charge >= 0.3 is 0 Å². The van der Waals surface area contributed by atoms with Gasteiger partial charge in [-0.05, 0) is 70.5 Å². The lowest BCUT2D eigenvalue weighted by molar-refractivity contribution is -0.115. The first-order chi connectivity index (χ1) is 22.0. The Morgan fingerprint density at radius 3 is 2.37 bits per heavy atom. The van der Waals surface area contributed by atoms with Crippen LogP contribution in [0.25, 0.3) is 0 Å². The van der Waals surface area contributed by atoms with E-state index in [0.29, 0.717) is 18.2 Å². The number of likely N-dealkylation sites (N-methyl/N-ethyl adjacent to an activating group) is 1. The number of sulfone groups is 1. The minimum atomic E-state index is -3.55. The summed E-state index contributed by atoms with van der Waals surface area (Å²) in [6.45, 7) is 13.4. The van der Waals surface area contributed by atoms with Crippen LogP contribution in [0.4, 0.5) is 34.5 Å². The maximum absolute atomic E-state index is 13.0. The number of rotatable bonds is 10. The SMILES string of the molecule is CCC(=O)Nc1cc(Nc2ncc(Cl)c(Nc3ccccc3S(=O)(=O)C(C)C)n2)c(C)cc1N1CCC(N2CCN(C)CC2)CC1. The van der Waals surface area contributed by atoms with Crippen LogP contribution in [-0.4, -0.2) is 91.7 Å². The summed E-state index contributed by atoms with van der Waals surface area (Å²) in [6.07, 6.45) is 4.00. The molecule has 0 radical (unpaired) electrons. The number of aryl methyl sites for hydroxylation is 1. The summed E-state index contributed by atoms with van der Waals surface area (Å²) in [5.74, 6) is 0.475. The Hall–Kier alpha value is -3.45. The van der Waals surface area contributed by atoms with Crippen LogP contribution in [0.5, 0.6) is 0 Å². The number of halogens is 1. The smallest absolute Gasteiger partial charge is 0.229 e. The zero-order valence-corrected chi connectivity index (χ0v) is 28.9. The zero-order chi connectivity index (χ0) is 33.0. The third kappa shape index (κ3) is 7.74. The molecule has 0 saturated carbocycles. The Labute approximate surface area is 277 Å². The minimum Gasteiger partial charge on any atom is -0.370 e. The summed E-state index contributed by atoms with van der Waals surface area (Å²) < 4.78 is 26.0. The molecule has 13 heteroatoms. The fourth-order valence-corrected chi connectivity index (χ4v) is 7.26. The molecule has 11 nitrogen and oxygen atoms in total. The zero-order valence-electron chi connectivity index (χ0n) is 27.3. The van der Waals surface area contributed by atoms with Crippen molar-refractivity contribution in [1.29, 1.82) is 0 Å². The highest BCUT2D eigenvalue weighted by Gasteiger charge is 2.28. The molecule has 0 unspecified atom stereocenters. The maximum Gasteiger partial charge on any atom is 0.229 e. The van der Waals surface area contributed by atoms with Gasteiger partial charge in [0.2, 0.25) is 11.9 Å². The Bertz CT molecular complexity index is 1650. The highest BCUT2D eigenvalue weighted by atomic mass is 35.5. The van der Waals surface area contributed by atoms with E-state index in [1.807, 2.05) is 19.9 Å². The highest BCUT2D eigenvalue weighted by molar-refractivity contribution is 7.92. The van der Waals surface area contributed by atoms with Crippen molar-refractivity contribution >= 4 is 61.9 Å². The van der Waals surface area contributed by atoms with Gasteiger partial charge in [0.15, 0.2) is 15.7 Å². The van der Waals surface area contributed by atoms with E-state index in [1.165, 1.54) is 6.20 Å². The Balaban J connectivity index is 1.37. The number of piperazine rings is 1. The van der Waals surface area contributed by atoms with Crippen LogP contribution in [0.2, 0.25) is 5.02 Å². The van der Waals surface area contributed by atoms with Gasteiger partial charge in [0, 0.05) is 57.4 Å². The molecule has 5 rings (SSSR count). The molecule has 2 aromatic carbocycles. The molecule has 0 bridgehead atoms. The van der Waals surface area contributed by atoms with Gasteiger partial charge < -0.3 is 25.8 Å². The third-order valence-electron chi connectivity index (χ3n) is 8.86. The molecule has 3 aromatic rings. The second-order valence-corrected chi connectivity index (χ2v) is 15.3. The quantitative estimate of drug-likeness (QED) is 0.249. The van der Waals surface area contributed by atoms with Crippen LogP contribution in [0.3, 0.4) is 0 Å². The molecule has 0 atom stereocenters. The summed E-state index contributed by atoms with van der Waals surface area (Å²) in [6, 6.07) is 11.3. The molecular weight excluding hydrogens is 624 g/mol. The standard InChI is InChI=1S/C33H45ClN8O3S/c1-6-31(43)36-28-20-27(23(4)19-29(28)42-13-11-24(12-14-42)41-17-15-40(5)16-18-41)38-33-35-21-25(34)32(39-33)37-26-9-7-8-10-30(26)46(44,45)22(2)3/h7-10,19-22,24H,6,11-18H2,1-5H3,(H,36,43)(H2,35,37,38,39). The molecule has 2 aliphatic rings. The molecule has 0 aliphatic carbocycles. The second kappa shape index (κ2) is 14.5. The number of nitrogens with zero attached hydrogens (tertiary/aromatic N) is 5. The van der Waals surface area contributed by atoms with Crippen molar-refractivity contribution in [2.24, 2.45) is 0 Å². The van der Waals surface area contributed by atoms with Crippen molar-refractivity contribution in [3.05, 3.63) is 53.2 Å². The van der Waals surface area contributed by atoms with Crippen LogP contribution in [-0.2, 0) is 14.6 Å². The highest BCUT2D eigenvalue weighted by Crippen LogP contribution is 2.36. The van der Waals surface area contributed by atoms with E-state index in [4.69, 9.17) is 11.6 Å². The number of amides is 1. The molecule has 46 heavy (non-hydrogen) atoms. The normalized spacial score (nSPS) is 16.9. The lowest BCUT2D eigenvalue weighted by Gasteiger charge is -2.43. The molecule has 1 aromatic heterocycles. The molecule has 1 amide bonds. The predicted octanol–water partition coefficient (Wildman–Crippen LogP) is 5.67. The minimum absolute atomic E-state index is 0.0624. The van der Waals surface area contributed by atoms with Gasteiger partial charge in [-0.25, -0.2) is 13.4 Å². The van der Waals surface area contributed by atoms with Crippen LogP contribution in [0.15, 0.2) is 47.5 Å². The molecule has 2 aliphatic heterocycles. The average molecular weight is 669 g/mol. The third-order valence-corrected chi connectivity index (χ3v) is 11.3. The average Bonchev–Trinajstić information content (AvgIpc) is 3.04. The van der Waals surface area contributed by atoms with Crippen molar-refractivity contribution in [2.45, 2.75) is 63.1 Å². The number of hydrogen-bond donors (Lipinski definition) is 3. The van der Waals surface area contributed by atoms with E-state index < -0.39 is 15.1 Å². The number of anilines is 6. The van der Waals surface area contributed by atoms with E-state index in [9.17, 15) is 13.2 Å². The first kappa shape index (κ1) is 33.9. The Morgan fingerprint density at radius 1 is 1.00 bits per heavy atom. The van der Waals surface area contributed by atoms with Crippen LogP contribution >= 0.6 is 11.6 Å². The van der Waals surface area contributed by atoms with E-state index in [2.05, 4.69) is 53.7 Å². The van der Waals surface area contributed by atoms with Gasteiger partial charge in [-0.2, -0.15) is 4.98 Å². The van der Waals surface area contributed by atoms with Gasteiger partial charge in [0.1, 0.15) is 5.02 Å². The number of benzene rings is 2. The number of carbonyl (C=O) groups excluding carboxylic acids is 1. The van der Waals surface area contributed by atoms with Gasteiger partial charge in [-0.1, -0.05) is 30.7 Å². The summed E-state index contributed by atoms with van der Waals surface area (Å²) in [7, 11) is -1.37. The Kier molecular flexibility index (Phi) is 10.7. The van der Waals surface area contributed by atoms with E-state index in [0.717, 1.165) is 74.7 Å². The molecule has 3 heterocycles. The second-order valence-electron chi connectivity index (χ2n) is 12.4. The largest absolute Gasteiger partial charge is 0.370 e. The van der Waals surface area contributed by atoms with Crippen LogP contribution in [0, 0.1) is 6.92 Å². The summed E-state index contributed by atoms with van der Waals surface area (Å²) in [5, 5.41) is 9.14. The van der Waals surface area contributed by atoms with E-state index >= 15 is 0 Å².